The molecule has 0 saturated carbocycles. The van der Waals surface area contributed by atoms with Gasteiger partial charge in [0.25, 0.3) is 0 Å². The van der Waals surface area contributed by atoms with Crippen molar-refractivity contribution in [2.45, 2.75) is 45.8 Å². The third-order valence-electron chi connectivity index (χ3n) is 5.27. The molecular weight excluding hydrogens is 469 g/mol. The van der Waals surface area contributed by atoms with Gasteiger partial charge in [-0.15, -0.1) is 0 Å². The second kappa shape index (κ2) is 11.5. The molecule has 0 radical (unpaired) electrons. The number of rotatable bonds is 10. The second-order valence-electron chi connectivity index (χ2n) is 7.83. The Bertz CT molecular complexity index is 1100. The number of nitrogens with one attached hydrogen (secondary N) is 1. The zero-order valence-corrected chi connectivity index (χ0v) is 20.7. The van der Waals surface area contributed by atoms with Crippen molar-refractivity contribution in [2.75, 3.05) is 17.1 Å². The number of anilines is 1. The third-order valence-corrected chi connectivity index (χ3v) is 6.71. The maximum Gasteiger partial charge on any atom is 0.244 e. The van der Waals surface area contributed by atoms with Crippen molar-refractivity contribution in [3.8, 4) is 0 Å². The molecule has 7 nitrogen and oxygen atoms in total. The minimum atomic E-state index is -3.89. The van der Waals surface area contributed by atoms with Gasteiger partial charge in [0, 0.05) is 18.2 Å². The number of para-hydroxylation sites is 1. The molecular formula is C23H29ClFN3O4S. The predicted octanol–water partition coefficient (Wildman–Crippen LogP) is 3.58. The van der Waals surface area contributed by atoms with Gasteiger partial charge in [-0.3, -0.25) is 13.9 Å². The van der Waals surface area contributed by atoms with Crippen LogP contribution in [0.2, 0.25) is 5.02 Å². The molecule has 0 aliphatic carbocycles. The number of nitrogens with zero attached hydrogens (tertiary/aromatic N) is 2. The first-order chi connectivity index (χ1) is 15.5. The summed E-state index contributed by atoms with van der Waals surface area (Å²) in [6.45, 7) is 4.46. The quantitative estimate of drug-likeness (QED) is 0.543. The molecule has 2 aromatic carbocycles. The van der Waals surface area contributed by atoms with Crippen molar-refractivity contribution in [1.82, 2.24) is 10.2 Å². The van der Waals surface area contributed by atoms with Crippen LogP contribution >= 0.6 is 11.6 Å². The molecule has 0 fully saturated rings. The van der Waals surface area contributed by atoms with Crippen molar-refractivity contribution in [3.05, 3.63) is 64.9 Å². The van der Waals surface area contributed by atoms with E-state index in [2.05, 4.69) is 5.32 Å². The fourth-order valence-electron chi connectivity index (χ4n) is 3.11. The summed E-state index contributed by atoms with van der Waals surface area (Å²) in [4.78, 5) is 27.3. The minimum Gasteiger partial charge on any atom is -0.352 e. The molecule has 2 aromatic rings. The lowest BCUT2D eigenvalue weighted by atomic mass is 10.1. The van der Waals surface area contributed by atoms with Crippen molar-refractivity contribution in [2.24, 2.45) is 0 Å². The average molecular weight is 498 g/mol. The van der Waals surface area contributed by atoms with Crippen LogP contribution in [0.4, 0.5) is 10.1 Å². The number of carbonyl (C=O) groups is 2. The molecule has 0 saturated heterocycles. The Morgan fingerprint density at radius 2 is 1.70 bits per heavy atom. The van der Waals surface area contributed by atoms with Gasteiger partial charge >= 0.3 is 0 Å². The fourth-order valence-corrected chi connectivity index (χ4v) is 4.26. The van der Waals surface area contributed by atoms with Gasteiger partial charge in [-0.2, -0.15) is 0 Å². The van der Waals surface area contributed by atoms with Crippen LogP contribution in [0.15, 0.2) is 48.5 Å². The first-order valence-electron chi connectivity index (χ1n) is 10.5. The molecule has 10 heteroatoms. The van der Waals surface area contributed by atoms with Gasteiger partial charge in [-0.05, 0) is 38.5 Å². The Hall–Kier alpha value is -2.65. The summed E-state index contributed by atoms with van der Waals surface area (Å²) < 4.78 is 40.2. The number of amides is 2. The maximum atomic E-state index is 14.3. The molecule has 1 N–H and O–H groups in total. The number of benzene rings is 2. The first-order valence-corrected chi connectivity index (χ1v) is 12.7. The Morgan fingerprint density at radius 1 is 1.09 bits per heavy atom. The van der Waals surface area contributed by atoms with Crippen molar-refractivity contribution < 1.29 is 22.4 Å². The summed E-state index contributed by atoms with van der Waals surface area (Å²) in [7, 11) is -3.89. The fraction of sp³-hybridized carbons (Fsp3) is 0.391. The monoisotopic (exact) mass is 497 g/mol. The largest absolute Gasteiger partial charge is 0.352 e. The average Bonchev–Trinajstić information content (AvgIpc) is 2.76. The Balaban J connectivity index is 2.41. The predicted molar refractivity (Wildman–Crippen MR) is 128 cm³/mol. The molecule has 0 heterocycles. The van der Waals surface area contributed by atoms with E-state index in [9.17, 15) is 22.4 Å². The molecule has 0 aromatic heterocycles. The number of sulfonamides is 1. The van der Waals surface area contributed by atoms with Crippen LogP contribution in [-0.4, -0.2) is 50.0 Å². The maximum absolute atomic E-state index is 14.3. The third kappa shape index (κ3) is 7.17. The van der Waals surface area contributed by atoms with E-state index in [1.165, 1.54) is 42.2 Å². The van der Waals surface area contributed by atoms with Gasteiger partial charge < -0.3 is 10.2 Å². The molecule has 180 valence electrons. The smallest absolute Gasteiger partial charge is 0.244 e. The molecule has 0 unspecified atom stereocenters. The summed E-state index contributed by atoms with van der Waals surface area (Å²) in [5, 5.41) is 2.96. The summed E-state index contributed by atoms with van der Waals surface area (Å²) in [5.74, 6) is -1.62. The highest BCUT2D eigenvalue weighted by Crippen LogP contribution is 2.27. The van der Waals surface area contributed by atoms with E-state index in [1.807, 2.05) is 13.8 Å². The zero-order chi connectivity index (χ0) is 24.8. The number of halogens is 2. The summed E-state index contributed by atoms with van der Waals surface area (Å²) in [6.07, 6.45) is 1.65. The molecule has 0 spiro atoms. The Morgan fingerprint density at radius 3 is 2.27 bits per heavy atom. The van der Waals surface area contributed by atoms with E-state index < -0.39 is 40.2 Å². The van der Waals surface area contributed by atoms with E-state index >= 15 is 0 Å². The van der Waals surface area contributed by atoms with E-state index in [-0.39, 0.29) is 28.9 Å². The van der Waals surface area contributed by atoms with Crippen LogP contribution in [0.1, 0.15) is 32.8 Å². The number of hydrogen-bond donors (Lipinski definition) is 1. The Labute approximate surface area is 199 Å². The van der Waals surface area contributed by atoms with Crippen LogP contribution < -0.4 is 9.62 Å². The van der Waals surface area contributed by atoms with Gasteiger partial charge in [-0.25, -0.2) is 12.8 Å². The van der Waals surface area contributed by atoms with Crippen LogP contribution in [0.3, 0.4) is 0 Å². The minimum absolute atomic E-state index is 0.124. The van der Waals surface area contributed by atoms with Crippen molar-refractivity contribution >= 4 is 39.1 Å². The van der Waals surface area contributed by atoms with E-state index in [4.69, 9.17) is 11.6 Å². The molecule has 2 atom stereocenters. The van der Waals surface area contributed by atoms with Crippen LogP contribution in [0.5, 0.6) is 0 Å². The SMILES string of the molecule is CC[C@H](C)NC(=O)[C@@H](C)N(Cc1ccccc1F)C(=O)CN(c1ccccc1Cl)S(C)(=O)=O. The molecule has 2 rings (SSSR count). The van der Waals surface area contributed by atoms with Crippen LogP contribution in [0, 0.1) is 5.82 Å². The van der Waals surface area contributed by atoms with E-state index in [0.717, 1.165) is 10.6 Å². The number of hydrogen-bond acceptors (Lipinski definition) is 4. The molecule has 0 aliphatic rings. The lowest BCUT2D eigenvalue weighted by Gasteiger charge is -2.32. The zero-order valence-electron chi connectivity index (χ0n) is 19.1. The highest BCUT2D eigenvalue weighted by atomic mass is 35.5. The van der Waals surface area contributed by atoms with Crippen LogP contribution in [0.25, 0.3) is 0 Å². The van der Waals surface area contributed by atoms with Crippen LogP contribution in [-0.2, 0) is 26.2 Å². The van der Waals surface area contributed by atoms with Gasteiger partial charge in [0.2, 0.25) is 21.8 Å². The van der Waals surface area contributed by atoms with Gasteiger partial charge in [0.1, 0.15) is 18.4 Å². The van der Waals surface area contributed by atoms with Gasteiger partial charge in [-0.1, -0.05) is 48.9 Å². The van der Waals surface area contributed by atoms with Crippen molar-refractivity contribution in [1.29, 1.82) is 0 Å². The topological polar surface area (TPSA) is 86.8 Å². The molecule has 33 heavy (non-hydrogen) atoms. The van der Waals surface area contributed by atoms with E-state index in [0.29, 0.717) is 6.42 Å². The highest BCUT2D eigenvalue weighted by molar-refractivity contribution is 7.92. The summed E-state index contributed by atoms with van der Waals surface area (Å²) >= 11 is 6.18. The summed E-state index contributed by atoms with van der Waals surface area (Å²) in [6, 6.07) is 11.1. The summed E-state index contributed by atoms with van der Waals surface area (Å²) in [5.41, 5.74) is 0.343. The highest BCUT2D eigenvalue weighted by Gasteiger charge is 2.31. The first kappa shape index (κ1) is 26.6. The standard InChI is InChI=1S/C23H29ClFN3O4S/c1-5-16(2)26-23(30)17(3)27(14-18-10-6-8-12-20(18)25)22(29)15-28(33(4,31)32)21-13-9-7-11-19(21)24/h6-13,16-17H,5,14-15H2,1-4H3,(H,26,30)/t16-,17+/m0/s1. The molecule has 0 bridgehead atoms. The Kier molecular flexibility index (Phi) is 9.25. The second-order valence-corrected chi connectivity index (χ2v) is 10.1. The molecule has 2 amide bonds. The lowest BCUT2D eigenvalue weighted by molar-refractivity contribution is -0.139. The lowest BCUT2D eigenvalue weighted by Crippen LogP contribution is -2.52. The van der Waals surface area contributed by atoms with Gasteiger partial charge in [0.05, 0.1) is 17.0 Å². The normalized spacial score (nSPS) is 13.2. The van der Waals surface area contributed by atoms with Crippen molar-refractivity contribution in [3.63, 3.8) is 0 Å². The molecule has 0 aliphatic heterocycles. The van der Waals surface area contributed by atoms with Gasteiger partial charge in [0.15, 0.2) is 0 Å². The van der Waals surface area contributed by atoms with E-state index in [1.54, 1.807) is 18.2 Å². The number of carbonyl (C=O) groups excluding carboxylic acids is 2.